The van der Waals surface area contributed by atoms with Crippen molar-refractivity contribution in [1.29, 1.82) is 0 Å². The SMILES string of the molecule is CCCCCCC=CCCCCCCCCCC(=O)OCCCCCCCCCCCCCCCCCCCCC. The fraction of sp³-hybridized carbons (Fsp3) is 0.923. The maximum absolute atomic E-state index is 11.9. The minimum Gasteiger partial charge on any atom is -0.466 e. The Labute approximate surface area is 259 Å². The van der Waals surface area contributed by atoms with Crippen molar-refractivity contribution in [3.8, 4) is 0 Å². The van der Waals surface area contributed by atoms with Gasteiger partial charge in [0, 0.05) is 6.42 Å². The number of carbonyl (C=O) groups excluding carboxylic acids is 1. The quantitative estimate of drug-likeness (QED) is 0.0426. The van der Waals surface area contributed by atoms with Gasteiger partial charge < -0.3 is 4.74 Å². The van der Waals surface area contributed by atoms with Gasteiger partial charge in [-0.25, -0.2) is 0 Å². The zero-order chi connectivity index (χ0) is 29.7. The summed E-state index contributed by atoms with van der Waals surface area (Å²) in [6, 6.07) is 0. The topological polar surface area (TPSA) is 26.3 Å². The van der Waals surface area contributed by atoms with Gasteiger partial charge in [-0.1, -0.05) is 193 Å². The summed E-state index contributed by atoms with van der Waals surface area (Å²) in [4.78, 5) is 11.9. The van der Waals surface area contributed by atoms with E-state index in [4.69, 9.17) is 4.74 Å². The van der Waals surface area contributed by atoms with E-state index in [0.29, 0.717) is 13.0 Å². The summed E-state index contributed by atoms with van der Waals surface area (Å²) < 4.78 is 5.45. The highest BCUT2D eigenvalue weighted by Crippen LogP contribution is 2.15. The molecule has 0 unspecified atom stereocenters. The molecular formula is C39H76O2. The van der Waals surface area contributed by atoms with Gasteiger partial charge in [0.15, 0.2) is 0 Å². The zero-order valence-corrected chi connectivity index (χ0v) is 28.5. The highest BCUT2D eigenvalue weighted by atomic mass is 16.5. The van der Waals surface area contributed by atoms with Crippen LogP contribution in [0.1, 0.15) is 226 Å². The summed E-state index contributed by atoms with van der Waals surface area (Å²) in [7, 11) is 0. The maximum atomic E-state index is 11.9. The zero-order valence-electron chi connectivity index (χ0n) is 28.5. The summed E-state index contributed by atoms with van der Waals surface area (Å²) >= 11 is 0. The van der Waals surface area contributed by atoms with E-state index in [-0.39, 0.29) is 5.97 Å². The van der Waals surface area contributed by atoms with E-state index in [2.05, 4.69) is 26.0 Å². The first-order valence-corrected chi connectivity index (χ1v) is 19.1. The Kier molecular flexibility index (Phi) is 36.5. The first-order valence-electron chi connectivity index (χ1n) is 19.1. The highest BCUT2D eigenvalue weighted by molar-refractivity contribution is 5.69. The van der Waals surface area contributed by atoms with E-state index in [1.54, 1.807) is 0 Å². The number of hydrogen-bond donors (Lipinski definition) is 0. The lowest BCUT2D eigenvalue weighted by Crippen LogP contribution is -2.05. The first kappa shape index (κ1) is 40.2. The van der Waals surface area contributed by atoms with Crippen molar-refractivity contribution < 1.29 is 9.53 Å². The molecule has 0 aliphatic rings. The van der Waals surface area contributed by atoms with Gasteiger partial charge in [-0.15, -0.1) is 0 Å². The molecule has 0 N–H and O–H groups in total. The second-order valence-electron chi connectivity index (χ2n) is 12.9. The lowest BCUT2D eigenvalue weighted by atomic mass is 10.0. The molecular weight excluding hydrogens is 500 g/mol. The molecule has 0 spiro atoms. The molecule has 2 nitrogen and oxygen atoms in total. The molecule has 2 heteroatoms. The minimum atomic E-state index is 0.0221. The number of unbranched alkanes of at least 4 members (excludes halogenated alkanes) is 29. The van der Waals surface area contributed by atoms with Crippen LogP contribution >= 0.6 is 0 Å². The molecule has 0 saturated carbocycles. The van der Waals surface area contributed by atoms with Crippen molar-refractivity contribution in [3.63, 3.8) is 0 Å². The van der Waals surface area contributed by atoms with E-state index in [1.165, 1.54) is 193 Å². The van der Waals surface area contributed by atoms with Crippen molar-refractivity contribution in [3.05, 3.63) is 12.2 Å². The smallest absolute Gasteiger partial charge is 0.305 e. The van der Waals surface area contributed by atoms with Gasteiger partial charge in [0.05, 0.1) is 6.61 Å². The minimum absolute atomic E-state index is 0.0221. The van der Waals surface area contributed by atoms with Crippen LogP contribution in [-0.2, 0) is 9.53 Å². The maximum Gasteiger partial charge on any atom is 0.305 e. The number of ether oxygens (including phenoxy) is 1. The molecule has 0 aromatic rings. The molecule has 0 heterocycles. The van der Waals surface area contributed by atoms with E-state index >= 15 is 0 Å². The fourth-order valence-corrected chi connectivity index (χ4v) is 5.78. The van der Waals surface area contributed by atoms with Crippen LogP contribution < -0.4 is 0 Å². The van der Waals surface area contributed by atoms with E-state index in [0.717, 1.165) is 12.8 Å². The number of allylic oxidation sites excluding steroid dienone is 2. The van der Waals surface area contributed by atoms with Crippen LogP contribution in [0.5, 0.6) is 0 Å². The molecule has 41 heavy (non-hydrogen) atoms. The van der Waals surface area contributed by atoms with Gasteiger partial charge in [-0.3, -0.25) is 4.79 Å². The Hall–Kier alpha value is -0.790. The Bertz CT molecular complexity index is 512. The van der Waals surface area contributed by atoms with Crippen LogP contribution in [0.15, 0.2) is 12.2 Å². The lowest BCUT2D eigenvalue weighted by molar-refractivity contribution is -0.143. The summed E-state index contributed by atoms with van der Waals surface area (Å²) in [5.74, 6) is 0.0221. The van der Waals surface area contributed by atoms with Gasteiger partial charge in [-0.05, 0) is 38.5 Å². The van der Waals surface area contributed by atoms with Gasteiger partial charge in [0.1, 0.15) is 0 Å². The molecule has 0 amide bonds. The highest BCUT2D eigenvalue weighted by Gasteiger charge is 2.02. The molecule has 0 bridgehead atoms. The lowest BCUT2D eigenvalue weighted by Gasteiger charge is -2.06. The van der Waals surface area contributed by atoms with Crippen molar-refractivity contribution in [1.82, 2.24) is 0 Å². The van der Waals surface area contributed by atoms with Crippen molar-refractivity contribution in [2.75, 3.05) is 6.61 Å². The summed E-state index contributed by atoms with van der Waals surface area (Å²) in [5.41, 5.74) is 0. The van der Waals surface area contributed by atoms with Crippen LogP contribution in [0.2, 0.25) is 0 Å². The molecule has 0 fully saturated rings. The summed E-state index contributed by atoms with van der Waals surface area (Å²) in [5, 5.41) is 0. The van der Waals surface area contributed by atoms with E-state index in [9.17, 15) is 4.79 Å². The van der Waals surface area contributed by atoms with Crippen LogP contribution in [-0.4, -0.2) is 12.6 Å². The predicted octanol–water partition coefficient (Wildman–Crippen LogP) is 14.0. The van der Waals surface area contributed by atoms with Gasteiger partial charge in [0.2, 0.25) is 0 Å². The normalized spacial score (nSPS) is 11.6. The molecule has 0 aromatic heterocycles. The largest absolute Gasteiger partial charge is 0.466 e. The molecule has 0 atom stereocenters. The second kappa shape index (κ2) is 37.2. The molecule has 0 radical (unpaired) electrons. The Morgan fingerprint density at radius 1 is 0.390 bits per heavy atom. The van der Waals surface area contributed by atoms with Crippen LogP contribution in [0.3, 0.4) is 0 Å². The number of rotatable bonds is 35. The molecule has 0 aliphatic carbocycles. The van der Waals surface area contributed by atoms with Crippen LogP contribution in [0.25, 0.3) is 0 Å². The standard InChI is InChI=1S/C39H76O2/c1-3-5-7-9-11-13-15-17-19-20-21-22-24-26-28-30-32-34-36-38-41-39(40)37-35-33-31-29-27-25-23-18-16-14-12-10-8-6-4-2/h14,16H,3-13,15,17-38H2,1-2H3. The fourth-order valence-electron chi connectivity index (χ4n) is 5.78. The van der Waals surface area contributed by atoms with Crippen LogP contribution in [0, 0.1) is 0 Å². The summed E-state index contributed by atoms with van der Waals surface area (Å²) in [6.45, 7) is 5.20. The van der Waals surface area contributed by atoms with Gasteiger partial charge >= 0.3 is 5.97 Å². The number of carbonyl (C=O) groups is 1. The summed E-state index contributed by atoms with van der Waals surface area (Å²) in [6.07, 6.45) is 48.6. The van der Waals surface area contributed by atoms with Gasteiger partial charge in [0.25, 0.3) is 0 Å². The average molecular weight is 577 g/mol. The molecule has 0 saturated heterocycles. The molecule has 244 valence electrons. The Morgan fingerprint density at radius 2 is 0.683 bits per heavy atom. The molecule has 0 aliphatic heterocycles. The monoisotopic (exact) mass is 577 g/mol. The third-order valence-corrected chi connectivity index (χ3v) is 8.65. The molecule has 0 rings (SSSR count). The second-order valence-corrected chi connectivity index (χ2v) is 12.9. The van der Waals surface area contributed by atoms with Crippen molar-refractivity contribution in [2.24, 2.45) is 0 Å². The van der Waals surface area contributed by atoms with Crippen molar-refractivity contribution >= 4 is 5.97 Å². The predicted molar refractivity (Wildman–Crippen MR) is 184 cm³/mol. The third kappa shape index (κ3) is 37.2. The van der Waals surface area contributed by atoms with Crippen LogP contribution in [0.4, 0.5) is 0 Å². The first-order chi connectivity index (χ1) is 20.3. The molecule has 0 aromatic carbocycles. The third-order valence-electron chi connectivity index (χ3n) is 8.65. The Morgan fingerprint density at radius 3 is 1.07 bits per heavy atom. The van der Waals surface area contributed by atoms with E-state index in [1.807, 2.05) is 0 Å². The van der Waals surface area contributed by atoms with E-state index < -0.39 is 0 Å². The average Bonchev–Trinajstić information content (AvgIpc) is 2.98. The van der Waals surface area contributed by atoms with Gasteiger partial charge in [-0.2, -0.15) is 0 Å². The Balaban J connectivity index is 3.17. The number of esters is 1. The van der Waals surface area contributed by atoms with Crippen molar-refractivity contribution in [2.45, 2.75) is 226 Å². The number of hydrogen-bond acceptors (Lipinski definition) is 2.